The molecule has 0 saturated heterocycles. The van der Waals surface area contributed by atoms with Gasteiger partial charge >= 0.3 is 12.1 Å². The Bertz CT molecular complexity index is 1110. The third-order valence-electron chi connectivity index (χ3n) is 6.21. The summed E-state index contributed by atoms with van der Waals surface area (Å²) in [6.45, 7) is 9.19. The van der Waals surface area contributed by atoms with Crippen molar-refractivity contribution in [3.05, 3.63) is 71.3 Å². The standard InChI is InChI=1S/C31H43N3O6/c1-7-9-19-34(27(28(36)32-21-26(35)39-6)24-17-15-22(8-2)16-18-24)29(37)25(20-23-13-11-10-12-14-23)33-30(38)40-31(3,4)5/h10-18,25,27H,7-9,19-21H2,1-6H3,(H,32,36)(H,33,38). The van der Waals surface area contributed by atoms with Gasteiger partial charge in [0.15, 0.2) is 0 Å². The van der Waals surface area contributed by atoms with Crippen molar-refractivity contribution in [3.8, 4) is 0 Å². The first-order valence-corrected chi connectivity index (χ1v) is 13.8. The van der Waals surface area contributed by atoms with Crippen LogP contribution in [0.25, 0.3) is 0 Å². The van der Waals surface area contributed by atoms with Crippen molar-refractivity contribution in [2.75, 3.05) is 20.2 Å². The first-order chi connectivity index (χ1) is 19.0. The Morgan fingerprint density at radius 3 is 2.12 bits per heavy atom. The van der Waals surface area contributed by atoms with Gasteiger partial charge in [0, 0.05) is 13.0 Å². The van der Waals surface area contributed by atoms with Crippen LogP contribution in [0, 0.1) is 0 Å². The van der Waals surface area contributed by atoms with Gasteiger partial charge in [-0.1, -0.05) is 74.9 Å². The normalized spacial score (nSPS) is 12.6. The van der Waals surface area contributed by atoms with E-state index in [1.54, 1.807) is 20.8 Å². The number of methoxy groups -OCH3 is 1. The topological polar surface area (TPSA) is 114 Å². The van der Waals surface area contributed by atoms with E-state index in [1.807, 2.05) is 68.4 Å². The smallest absolute Gasteiger partial charge is 0.408 e. The molecule has 0 heterocycles. The van der Waals surface area contributed by atoms with Crippen molar-refractivity contribution in [2.24, 2.45) is 0 Å². The second kappa shape index (κ2) is 15.6. The molecule has 0 aliphatic rings. The van der Waals surface area contributed by atoms with E-state index in [0.717, 1.165) is 24.0 Å². The van der Waals surface area contributed by atoms with Crippen LogP contribution >= 0.6 is 0 Å². The van der Waals surface area contributed by atoms with Crippen LogP contribution in [0.5, 0.6) is 0 Å². The Balaban J connectivity index is 2.53. The maximum Gasteiger partial charge on any atom is 0.408 e. The fourth-order valence-electron chi connectivity index (χ4n) is 4.13. The number of hydrogen-bond acceptors (Lipinski definition) is 6. The van der Waals surface area contributed by atoms with Gasteiger partial charge in [-0.3, -0.25) is 14.4 Å². The number of nitrogens with one attached hydrogen (secondary N) is 2. The van der Waals surface area contributed by atoms with Crippen LogP contribution in [-0.2, 0) is 36.7 Å². The van der Waals surface area contributed by atoms with E-state index >= 15 is 0 Å². The predicted octanol–water partition coefficient (Wildman–Crippen LogP) is 4.34. The second-order valence-electron chi connectivity index (χ2n) is 10.6. The number of nitrogens with zero attached hydrogens (tertiary/aromatic N) is 1. The summed E-state index contributed by atoms with van der Waals surface area (Å²) in [5.74, 6) is -1.55. The maximum atomic E-state index is 14.3. The Labute approximate surface area is 237 Å². The fourth-order valence-corrected chi connectivity index (χ4v) is 4.13. The van der Waals surface area contributed by atoms with Crippen molar-refractivity contribution in [1.29, 1.82) is 0 Å². The number of hydrogen-bond donors (Lipinski definition) is 2. The fraction of sp³-hybridized carbons (Fsp3) is 0.484. The molecule has 40 heavy (non-hydrogen) atoms. The number of alkyl carbamates (subject to hydrolysis) is 1. The number of amides is 3. The number of esters is 1. The zero-order valence-electron chi connectivity index (χ0n) is 24.5. The Morgan fingerprint density at radius 1 is 0.925 bits per heavy atom. The summed E-state index contributed by atoms with van der Waals surface area (Å²) >= 11 is 0. The predicted molar refractivity (Wildman–Crippen MR) is 154 cm³/mol. The zero-order chi connectivity index (χ0) is 29.7. The van der Waals surface area contributed by atoms with Gasteiger partial charge in [-0.25, -0.2) is 4.79 Å². The van der Waals surface area contributed by atoms with Crippen molar-refractivity contribution in [2.45, 2.75) is 78.0 Å². The Hall–Kier alpha value is -3.88. The van der Waals surface area contributed by atoms with E-state index in [9.17, 15) is 19.2 Å². The molecule has 0 bridgehead atoms. The number of unbranched alkanes of at least 4 members (excludes halogenated alkanes) is 1. The SMILES string of the molecule is CCCCN(C(=O)C(Cc1ccccc1)NC(=O)OC(C)(C)C)C(C(=O)NCC(=O)OC)c1ccc(CC)cc1. The van der Waals surface area contributed by atoms with Gasteiger partial charge in [0.2, 0.25) is 11.8 Å². The highest BCUT2D eigenvalue weighted by Gasteiger charge is 2.36. The van der Waals surface area contributed by atoms with E-state index in [2.05, 4.69) is 15.4 Å². The molecule has 9 heteroatoms. The van der Waals surface area contributed by atoms with Crippen LogP contribution in [0.3, 0.4) is 0 Å². The number of ether oxygens (including phenoxy) is 2. The molecule has 9 nitrogen and oxygen atoms in total. The summed E-state index contributed by atoms with van der Waals surface area (Å²) in [5.41, 5.74) is 1.76. The maximum absolute atomic E-state index is 14.3. The van der Waals surface area contributed by atoms with E-state index in [4.69, 9.17) is 4.74 Å². The number of rotatable bonds is 13. The number of benzene rings is 2. The summed E-state index contributed by atoms with van der Waals surface area (Å²) in [7, 11) is 1.24. The first-order valence-electron chi connectivity index (χ1n) is 13.8. The van der Waals surface area contributed by atoms with Crippen molar-refractivity contribution < 1.29 is 28.7 Å². The van der Waals surface area contributed by atoms with Gasteiger partial charge in [-0.2, -0.15) is 0 Å². The van der Waals surface area contributed by atoms with Crippen LogP contribution in [0.4, 0.5) is 4.79 Å². The molecule has 2 unspecified atom stereocenters. The van der Waals surface area contributed by atoms with Gasteiger partial charge in [0.25, 0.3) is 0 Å². The molecule has 0 spiro atoms. The monoisotopic (exact) mass is 553 g/mol. The minimum Gasteiger partial charge on any atom is -0.468 e. The minimum absolute atomic E-state index is 0.201. The van der Waals surface area contributed by atoms with Crippen LogP contribution < -0.4 is 10.6 Å². The molecule has 2 aromatic carbocycles. The second-order valence-corrected chi connectivity index (χ2v) is 10.6. The lowest BCUT2D eigenvalue weighted by Gasteiger charge is -2.34. The van der Waals surface area contributed by atoms with Gasteiger partial charge in [0.05, 0.1) is 7.11 Å². The number of aryl methyl sites for hydroxylation is 1. The molecule has 2 atom stereocenters. The lowest BCUT2D eigenvalue weighted by molar-refractivity contribution is -0.144. The number of carbonyl (C=O) groups is 4. The van der Waals surface area contributed by atoms with E-state index < -0.39 is 41.6 Å². The highest BCUT2D eigenvalue weighted by molar-refractivity contribution is 5.93. The molecule has 0 fully saturated rings. The van der Waals surface area contributed by atoms with E-state index in [1.165, 1.54) is 12.0 Å². The summed E-state index contributed by atoms with van der Waals surface area (Å²) < 4.78 is 10.1. The average molecular weight is 554 g/mol. The van der Waals surface area contributed by atoms with Crippen LogP contribution in [-0.4, -0.2) is 60.6 Å². The molecule has 0 radical (unpaired) electrons. The Kier molecular flexibility index (Phi) is 12.6. The lowest BCUT2D eigenvalue weighted by atomic mass is 9.98. The quantitative estimate of drug-likeness (QED) is 0.357. The van der Waals surface area contributed by atoms with Gasteiger partial charge in [0.1, 0.15) is 24.2 Å². The summed E-state index contributed by atoms with van der Waals surface area (Å²) in [6.07, 6.45) is 1.70. The molecular formula is C31H43N3O6. The van der Waals surface area contributed by atoms with E-state index in [0.29, 0.717) is 12.0 Å². The molecule has 2 rings (SSSR count). The van der Waals surface area contributed by atoms with Gasteiger partial charge < -0.3 is 25.0 Å². The van der Waals surface area contributed by atoms with Crippen LogP contribution in [0.1, 0.15) is 70.2 Å². The van der Waals surface area contributed by atoms with Crippen molar-refractivity contribution >= 4 is 23.9 Å². The third kappa shape index (κ3) is 10.4. The molecule has 3 amide bonds. The minimum atomic E-state index is -1.03. The molecule has 0 aromatic heterocycles. The van der Waals surface area contributed by atoms with Crippen molar-refractivity contribution in [1.82, 2.24) is 15.5 Å². The summed E-state index contributed by atoms with van der Waals surface area (Å²) in [6, 6.07) is 14.8. The number of carbonyl (C=O) groups excluding carboxylic acids is 4. The summed E-state index contributed by atoms with van der Waals surface area (Å²) in [5, 5.41) is 5.36. The van der Waals surface area contributed by atoms with E-state index in [-0.39, 0.29) is 19.5 Å². The largest absolute Gasteiger partial charge is 0.468 e. The van der Waals surface area contributed by atoms with Crippen LogP contribution in [0.2, 0.25) is 0 Å². The highest BCUT2D eigenvalue weighted by Crippen LogP contribution is 2.25. The zero-order valence-corrected chi connectivity index (χ0v) is 24.5. The molecule has 0 aliphatic heterocycles. The third-order valence-corrected chi connectivity index (χ3v) is 6.21. The molecule has 2 aromatic rings. The average Bonchev–Trinajstić information content (AvgIpc) is 2.92. The highest BCUT2D eigenvalue weighted by atomic mass is 16.6. The van der Waals surface area contributed by atoms with Crippen LogP contribution in [0.15, 0.2) is 54.6 Å². The molecule has 0 aliphatic carbocycles. The molecule has 218 valence electrons. The Morgan fingerprint density at radius 2 is 1.57 bits per heavy atom. The summed E-state index contributed by atoms with van der Waals surface area (Å²) in [4.78, 5) is 54.0. The van der Waals surface area contributed by atoms with Gasteiger partial charge in [-0.05, 0) is 50.3 Å². The lowest BCUT2D eigenvalue weighted by Crippen LogP contribution is -2.54. The molecule has 2 N–H and O–H groups in total. The molecule has 0 saturated carbocycles. The first kappa shape index (κ1) is 32.3. The molecular weight excluding hydrogens is 510 g/mol. The van der Waals surface area contributed by atoms with Gasteiger partial charge in [-0.15, -0.1) is 0 Å². The van der Waals surface area contributed by atoms with Crippen molar-refractivity contribution in [3.63, 3.8) is 0 Å².